The summed E-state index contributed by atoms with van der Waals surface area (Å²) in [5.41, 5.74) is 3.77. The van der Waals surface area contributed by atoms with Crippen LogP contribution in [-0.4, -0.2) is 78.0 Å². The molecule has 74 heavy (non-hydrogen) atoms. The number of aliphatic hydroxyl groups excluding tert-OH is 2. The van der Waals surface area contributed by atoms with Crippen molar-refractivity contribution in [2.45, 2.75) is 18.8 Å². The zero-order valence-corrected chi connectivity index (χ0v) is 39.0. The van der Waals surface area contributed by atoms with E-state index in [-0.39, 0.29) is 40.0 Å². The molecule has 2 N–H and O–H groups in total. The van der Waals surface area contributed by atoms with Crippen molar-refractivity contribution in [3.8, 4) is 36.2 Å². The summed E-state index contributed by atoms with van der Waals surface area (Å²) in [6.07, 6.45) is 8.37. The number of carbonyl (C=O) groups excluding carboxylic acids is 6. The molecule has 14 heteroatoms. The van der Waals surface area contributed by atoms with E-state index in [0.717, 1.165) is 42.5 Å². The van der Waals surface area contributed by atoms with Crippen molar-refractivity contribution < 1.29 is 57.9 Å². The Hall–Kier alpha value is -9.86. The van der Waals surface area contributed by atoms with Gasteiger partial charge in [0.25, 0.3) is 23.6 Å². The molecule has 2 unspecified atom stereocenters. The summed E-state index contributed by atoms with van der Waals surface area (Å²) in [7, 11) is 0. The number of terminal acetylenes is 2. The molecule has 4 amide bonds. The lowest BCUT2D eigenvalue weighted by Gasteiger charge is -2.19. The van der Waals surface area contributed by atoms with Crippen molar-refractivity contribution in [1.82, 2.24) is 0 Å². The minimum atomic E-state index is -1.60. The fraction of sp³-hybridized carbons (Fsp3) is 0.100. The maximum atomic E-state index is 13.4. The second-order valence-electron chi connectivity index (χ2n) is 17.3. The lowest BCUT2D eigenvalue weighted by molar-refractivity contribution is -0.0639. The first-order valence-electron chi connectivity index (χ1n) is 23.1. The fourth-order valence-electron chi connectivity index (χ4n) is 8.88. The first-order chi connectivity index (χ1) is 35.9. The van der Waals surface area contributed by atoms with Crippen LogP contribution in [0.25, 0.3) is 21.5 Å². The van der Waals surface area contributed by atoms with Gasteiger partial charge in [-0.05, 0) is 130 Å². The van der Waals surface area contributed by atoms with Crippen LogP contribution >= 0.6 is 0 Å². The Balaban J connectivity index is 0.778. The lowest BCUT2D eigenvalue weighted by atomic mass is 9.94. The number of nitrogens with zero attached hydrogens (tertiary/aromatic N) is 2. The average molecular weight is 981 g/mol. The Bertz CT molecular complexity index is 3720. The second-order valence-corrected chi connectivity index (χ2v) is 17.3. The molecule has 362 valence electrons. The highest BCUT2D eigenvalue weighted by Gasteiger charge is 2.39. The van der Waals surface area contributed by atoms with Crippen molar-refractivity contribution in [2.24, 2.45) is 0 Å². The van der Waals surface area contributed by atoms with Crippen LogP contribution in [0, 0.1) is 24.7 Å². The summed E-state index contributed by atoms with van der Waals surface area (Å²) in [4.78, 5) is 81.3. The Labute approximate surface area is 422 Å². The number of benzene rings is 8. The van der Waals surface area contributed by atoms with Crippen molar-refractivity contribution in [3.05, 3.63) is 213 Å². The van der Waals surface area contributed by atoms with Crippen LogP contribution in [0.5, 0.6) is 11.5 Å². The van der Waals surface area contributed by atoms with Crippen LogP contribution in [-0.2, 0) is 15.9 Å². The van der Waals surface area contributed by atoms with Crippen molar-refractivity contribution in [3.63, 3.8) is 0 Å². The quantitative estimate of drug-likeness (QED) is 0.0434. The van der Waals surface area contributed by atoms with Gasteiger partial charge in [0.15, 0.2) is 6.61 Å². The maximum Gasteiger partial charge on any atom is 0.338 e. The topological polar surface area (TPSA) is 186 Å². The van der Waals surface area contributed by atoms with Crippen molar-refractivity contribution in [2.75, 3.05) is 29.6 Å². The van der Waals surface area contributed by atoms with E-state index in [4.69, 9.17) is 31.8 Å². The molecule has 0 fully saturated rings. The molecule has 10 rings (SSSR count). The number of esters is 2. The summed E-state index contributed by atoms with van der Waals surface area (Å²) in [5, 5.41) is 25.4. The highest BCUT2D eigenvalue weighted by atomic mass is 16.6. The van der Waals surface area contributed by atoms with Crippen LogP contribution in [0.1, 0.15) is 84.4 Å². The molecular formula is C60H40N2O12. The van der Waals surface area contributed by atoms with Crippen LogP contribution < -0.4 is 19.3 Å². The monoisotopic (exact) mass is 980 g/mol. The van der Waals surface area contributed by atoms with Gasteiger partial charge in [-0.1, -0.05) is 66.4 Å². The molecule has 0 saturated heterocycles. The summed E-state index contributed by atoms with van der Waals surface area (Å²) >= 11 is 0. The number of imide groups is 2. The predicted octanol–water partition coefficient (Wildman–Crippen LogP) is 8.30. The summed E-state index contributed by atoms with van der Waals surface area (Å²) in [6.45, 7) is -1.23. The van der Waals surface area contributed by atoms with Crippen molar-refractivity contribution in [1.29, 1.82) is 0 Å². The number of amides is 4. The molecule has 8 aromatic carbocycles. The third-order valence-corrected chi connectivity index (χ3v) is 12.6. The molecule has 14 nitrogen and oxygen atoms in total. The van der Waals surface area contributed by atoms with E-state index in [9.17, 15) is 39.0 Å². The third kappa shape index (κ3) is 9.29. The minimum absolute atomic E-state index is 0.00556. The Morgan fingerprint density at radius 2 is 1.05 bits per heavy atom. The van der Waals surface area contributed by atoms with E-state index >= 15 is 0 Å². The number of aliphatic hydroxyl groups is 2. The molecule has 0 saturated carbocycles. The van der Waals surface area contributed by atoms with Gasteiger partial charge < -0.3 is 29.2 Å². The van der Waals surface area contributed by atoms with Crippen LogP contribution in [0.4, 0.5) is 11.4 Å². The molecule has 0 spiro atoms. The number of hydrogen-bond acceptors (Lipinski definition) is 12. The number of hydrogen-bond donors (Lipinski definition) is 2. The van der Waals surface area contributed by atoms with Crippen LogP contribution in [0.2, 0.25) is 0 Å². The molecule has 0 aliphatic carbocycles. The van der Waals surface area contributed by atoms with Crippen molar-refractivity contribution >= 4 is 68.5 Å². The average Bonchev–Trinajstić information content (AvgIpc) is 3.84. The normalized spacial score (nSPS) is 13.5. The van der Waals surface area contributed by atoms with Gasteiger partial charge >= 0.3 is 11.9 Å². The van der Waals surface area contributed by atoms with Gasteiger partial charge in [0, 0.05) is 23.1 Å². The van der Waals surface area contributed by atoms with Gasteiger partial charge in [-0.15, -0.1) is 12.8 Å². The molecule has 2 aliphatic heterocycles. The molecule has 8 aromatic rings. The van der Waals surface area contributed by atoms with Gasteiger partial charge in [0.2, 0.25) is 6.29 Å². The third-order valence-electron chi connectivity index (χ3n) is 12.6. The molecular weight excluding hydrogens is 941 g/mol. The summed E-state index contributed by atoms with van der Waals surface area (Å²) in [5.74, 6) is 1.77. The number of rotatable bonds is 15. The summed E-state index contributed by atoms with van der Waals surface area (Å²) < 4.78 is 22.9. The maximum absolute atomic E-state index is 13.4. The smallest absolute Gasteiger partial charge is 0.338 e. The van der Waals surface area contributed by atoms with Gasteiger partial charge in [-0.2, -0.15) is 0 Å². The molecule has 0 bridgehead atoms. The first kappa shape index (κ1) is 47.8. The minimum Gasteiger partial charge on any atom is -0.491 e. The van der Waals surface area contributed by atoms with E-state index in [0.29, 0.717) is 40.4 Å². The van der Waals surface area contributed by atoms with Gasteiger partial charge in [-0.3, -0.25) is 19.2 Å². The largest absolute Gasteiger partial charge is 0.491 e. The Morgan fingerprint density at radius 1 is 0.527 bits per heavy atom. The first-order valence-corrected chi connectivity index (χ1v) is 23.1. The van der Waals surface area contributed by atoms with E-state index < -0.39 is 61.2 Å². The molecule has 2 aliphatic rings. The predicted molar refractivity (Wildman–Crippen MR) is 273 cm³/mol. The van der Waals surface area contributed by atoms with E-state index in [2.05, 4.69) is 11.8 Å². The van der Waals surface area contributed by atoms with Gasteiger partial charge in [-0.25, -0.2) is 19.4 Å². The molecule has 0 aromatic heterocycles. The molecule has 2 atom stereocenters. The standard InChI is InChI=1S/C60H40N2O12/c1-3-35-12-20-42(21-13-35)61-55(65)47-25-17-40(29-51(47)57(61)67)59(69)72-33-44(63)32-71-45-24-16-38-9-7-10-39(49(38)31-45)28-50-46-11-6-5-8-37(46)19-27-53(50)74-54(64)34-73-60(70)41-18-26-48-52(30-41)58(68)62(56(48)66)43-22-14-36(4-2)15-23-43/h1-2,5-27,29-31,44,54,63-64H,28,32-34H2. The molecule has 0 radical (unpaired) electrons. The van der Waals surface area contributed by atoms with Crippen LogP contribution in [0.3, 0.4) is 0 Å². The number of anilines is 2. The lowest BCUT2D eigenvalue weighted by Crippen LogP contribution is -2.29. The highest BCUT2D eigenvalue weighted by Crippen LogP contribution is 2.35. The van der Waals surface area contributed by atoms with E-state index in [1.165, 1.54) is 36.4 Å². The zero-order valence-electron chi connectivity index (χ0n) is 39.0. The SMILES string of the molecule is C#Cc1ccc(N2C(=O)c3ccc(C(=O)OCC(O)COc4ccc5cccc(Cc6c(OC(O)COC(=O)c7ccc8c(c7)C(=O)N(c7ccc(C#C)cc7)C8=O)ccc7ccccc67)c5c4)cc3C2=O)cc1. The van der Waals surface area contributed by atoms with Crippen LogP contribution in [0.15, 0.2) is 158 Å². The van der Waals surface area contributed by atoms with Gasteiger partial charge in [0.1, 0.15) is 30.8 Å². The molecule has 2 heterocycles. The Kier molecular flexibility index (Phi) is 13.0. The van der Waals surface area contributed by atoms with E-state index in [1.807, 2.05) is 60.7 Å². The number of carbonyl (C=O) groups is 6. The Morgan fingerprint density at radius 3 is 1.65 bits per heavy atom. The second kappa shape index (κ2) is 20.1. The highest BCUT2D eigenvalue weighted by molar-refractivity contribution is 6.35. The number of ether oxygens (including phenoxy) is 4. The van der Waals surface area contributed by atoms with E-state index in [1.54, 1.807) is 60.7 Å². The fourth-order valence-corrected chi connectivity index (χ4v) is 8.88. The number of fused-ring (bicyclic) bond motifs is 4. The summed E-state index contributed by atoms with van der Waals surface area (Å²) in [6, 6.07) is 43.4. The zero-order chi connectivity index (χ0) is 51.6. The van der Waals surface area contributed by atoms with Gasteiger partial charge in [0.05, 0.1) is 44.8 Å².